The second-order valence-electron chi connectivity index (χ2n) is 11.3. The zero-order valence-corrected chi connectivity index (χ0v) is 23.9. The van der Waals surface area contributed by atoms with Gasteiger partial charge in [-0.2, -0.15) is 0 Å². The van der Waals surface area contributed by atoms with Crippen molar-refractivity contribution in [2.24, 2.45) is 0 Å². The molecule has 2 heterocycles. The molecule has 1 atom stereocenters. The molecule has 1 fully saturated rings. The fraction of sp³-hybridized carbons (Fsp3) is 0.433. The van der Waals surface area contributed by atoms with E-state index in [-0.39, 0.29) is 12.1 Å². The highest BCUT2D eigenvalue weighted by Crippen LogP contribution is 2.46. The monoisotopic (exact) mass is 519 g/mol. The van der Waals surface area contributed by atoms with E-state index in [1.54, 1.807) is 6.08 Å². The lowest BCUT2D eigenvalue weighted by Crippen LogP contribution is -2.51. The van der Waals surface area contributed by atoms with Crippen molar-refractivity contribution in [3.8, 4) is 0 Å². The summed E-state index contributed by atoms with van der Waals surface area (Å²) in [6, 6.07) is 10.4. The van der Waals surface area contributed by atoms with Gasteiger partial charge in [-0.05, 0) is 131 Å². The SMILES string of the molecule is Cc1ccc(NC(=O)CN2C(=O)S/C(=C\c3cc4c(cc3C)N(C(C)C)C(C)(C)CC4C)C2=O)cc1C. The molecule has 0 aromatic heterocycles. The summed E-state index contributed by atoms with van der Waals surface area (Å²) in [7, 11) is 0. The molecule has 1 saturated heterocycles. The van der Waals surface area contributed by atoms with Gasteiger partial charge in [-0.1, -0.05) is 13.0 Å². The van der Waals surface area contributed by atoms with Gasteiger partial charge in [0.2, 0.25) is 5.91 Å². The number of anilines is 2. The zero-order chi connectivity index (χ0) is 27.2. The van der Waals surface area contributed by atoms with Crippen LogP contribution in [0.4, 0.5) is 16.2 Å². The number of hydrogen-bond donors (Lipinski definition) is 1. The van der Waals surface area contributed by atoms with Crippen molar-refractivity contribution in [1.29, 1.82) is 0 Å². The van der Waals surface area contributed by atoms with Crippen LogP contribution in [0.1, 0.15) is 74.8 Å². The number of fused-ring (bicyclic) bond motifs is 1. The maximum Gasteiger partial charge on any atom is 0.294 e. The smallest absolute Gasteiger partial charge is 0.294 e. The van der Waals surface area contributed by atoms with E-state index in [0.29, 0.717) is 22.6 Å². The fourth-order valence-corrected chi connectivity index (χ4v) is 6.52. The van der Waals surface area contributed by atoms with Crippen molar-refractivity contribution in [2.45, 2.75) is 79.3 Å². The molecule has 37 heavy (non-hydrogen) atoms. The molecule has 2 aliphatic heterocycles. The number of nitrogens with one attached hydrogen (secondary N) is 1. The highest BCUT2D eigenvalue weighted by molar-refractivity contribution is 8.18. The van der Waals surface area contributed by atoms with Gasteiger partial charge in [0.15, 0.2) is 0 Å². The fourth-order valence-electron chi connectivity index (χ4n) is 5.69. The third-order valence-corrected chi connectivity index (χ3v) is 8.34. The lowest BCUT2D eigenvalue weighted by atomic mass is 9.78. The Morgan fingerprint density at radius 2 is 1.81 bits per heavy atom. The first-order chi connectivity index (χ1) is 17.3. The third-order valence-electron chi connectivity index (χ3n) is 7.43. The zero-order valence-electron chi connectivity index (χ0n) is 23.1. The van der Waals surface area contributed by atoms with E-state index in [1.807, 2.05) is 39.0 Å². The van der Waals surface area contributed by atoms with E-state index < -0.39 is 17.1 Å². The van der Waals surface area contributed by atoms with E-state index in [1.165, 1.54) is 11.3 Å². The van der Waals surface area contributed by atoms with Crippen molar-refractivity contribution in [2.75, 3.05) is 16.8 Å². The summed E-state index contributed by atoms with van der Waals surface area (Å²) in [6.45, 7) is 17.0. The lowest BCUT2D eigenvalue weighted by molar-refractivity contribution is -0.127. The van der Waals surface area contributed by atoms with Crippen LogP contribution in [-0.2, 0) is 9.59 Å². The second kappa shape index (κ2) is 10.0. The quantitative estimate of drug-likeness (QED) is 0.441. The maximum absolute atomic E-state index is 13.1. The van der Waals surface area contributed by atoms with Crippen molar-refractivity contribution in [1.82, 2.24) is 4.90 Å². The van der Waals surface area contributed by atoms with Crippen molar-refractivity contribution in [3.05, 3.63) is 63.1 Å². The van der Waals surface area contributed by atoms with Crippen LogP contribution in [-0.4, -0.2) is 40.1 Å². The van der Waals surface area contributed by atoms with Crippen LogP contribution >= 0.6 is 11.8 Å². The molecule has 0 aliphatic carbocycles. The summed E-state index contributed by atoms with van der Waals surface area (Å²) in [4.78, 5) is 42.3. The minimum Gasteiger partial charge on any atom is -0.364 e. The summed E-state index contributed by atoms with van der Waals surface area (Å²) in [5.41, 5.74) is 7.36. The molecule has 2 aromatic rings. The minimum absolute atomic E-state index is 0.0506. The van der Waals surface area contributed by atoms with E-state index in [9.17, 15) is 14.4 Å². The van der Waals surface area contributed by atoms with Gasteiger partial charge in [-0.25, -0.2) is 0 Å². The van der Waals surface area contributed by atoms with Crippen LogP contribution < -0.4 is 10.2 Å². The number of nitrogens with zero attached hydrogens (tertiary/aromatic N) is 2. The largest absolute Gasteiger partial charge is 0.364 e. The first-order valence-electron chi connectivity index (χ1n) is 12.8. The lowest BCUT2D eigenvalue weighted by Gasteiger charge is -2.50. The molecule has 196 valence electrons. The predicted octanol–water partition coefficient (Wildman–Crippen LogP) is 6.79. The van der Waals surface area contributed by atoms with Crippen LogP contribution in [0.2, 0.25) is 0 Å². The molecule has 3 amide bonds. The Kier molecular flexibility index (Phi) is 7.30. The summed E-state index contributed by atoms with van der Waals surface area (Å²) in [5, 5.41) is 2.36. The normalized spacial score (nSPS) is 20.1. The van der Waals surface area contributed by atoms with Gasteiger partial charge in [0.05, 0.1) is 4.91 Å². The molecule has 4 rings (SSSR count). The van der Waals surface area contributed by atoms with Gasteiger partial charge >= 0.3 is 0 Å². The van der Waals surface area contributed by atoms with Crippen LogP contribution in [0.5, 0.6) is 0 Å². The molecule has 2 aromatic carbocycles. The average Bonchev–Trinajstić information content (AvgIpc) is 3.03. The average molecular weight is 520 g/mol. The first-order valence-corrected chi connectivity index (χ1v) is 13.7. The topological polar surface area (TPSA) is 69.7 Å². The molecular weight excluding hydrogens is 482 g/mol. The minimum atomic E-state index is -0.430. The highest BCUT2D eigenvalue weighted by atomic mass is 32.2. The Hall–Kier alpha value is -3.06. The molecule has 0 radical (unpaired) electrons. The number of rotatable bonds is 5. The number of carbonyl (C=O) groups is 3. The Labute approximate surface area is 224 Å². The third kappa shape index (κ3) is 5.33. The van der Waals surface area contributed by atoms with Gasteiger partial charge in [0.25, 0.3) is 11.1 Å². The standard InChI is InChI=1S/C30H37N3O3S/c1-17(2)33-25-12-20(5)22(13-24(25)21(6)15-30(33,7)8)14-26-28(35)32(29(36)37-26)16-27(34)31-23-10-9-18(3)19(4)11-23/h9-14,17,21H,15-16H2,1-8H3,(H,31,34)/b26-14-. The number of amides is 3. The van der Waals surface area contributed by atoms with Gasteiger partial charge in [-0.15, -0.1) is 0 Å². The second-order valence-corrected chi connectivity index (χ2v) is 12.3. The molecule has 0 spiro atoms. The predicted molar refractivity (Wildman–Crippen MR) is 153 cm³/mol. The molecular formula is C30H37N3O3S. The first kappa shape index (κ1) is 27.0. The number of benzene rings is 2. The Morgan fingerprint density at radius 3 is 2.46 bits per heavy atom. The van der Waals surface area contributed by atoms with Gasteiger partial charge < -0.3 is 10.2 Å². The van der Waals surface area contributed by atoms with Crippen molar-refractivity contribution < 1.29 is 14.4 Å². The molecule has 1 unspecified atom stereocenters. The Morgan fingerprint density at radius 1 is 1.11 bits per heavy atom. The van der Waals surface area contributed by atoms with E-state index in [2.05, 4.69) is 57.0 Å². The van der Waals surface area contributed by atoms with E-state index in [4.69, 9.17) is 0 Å². The van der Waals surface area contributed by atoms with Crippen LogP contribution in [0.3, 0.4) is 0 Å². The van der Waals surface area contributed by atoms with Crippen LogP contribution in [0.15, 0.2) is 35.2 Å². The van der Waals surface area contributed by atoms with Crippen LogP contribution in [0.25, 0.3) is 6.08 Å². The number of aryl methyl sites for hydroxylation is 3. The number of hydrogen-bond acceptors (Lipinski definition) is 5. The number of imide groups is 1. The Bertz CT molecular complexity index is 1310. The Balaban J connectivity index is 1.56. The molecule has 1 N–H and O–H groups in total. The van der Waals surface area contributed by atoms with Crippen molar-refractivity contribution in [3.63, 3.8) is 0 Å². The molecule has 2 aliphatic rings. The molecule has 0 bridgehead atoms. The summed E-state index contributed by atoms with van der Waals surface area (Å²) >= 11 is 0.890. The molecule has 7 heteroatoms. The van der Waals surface area contributed by atoms with Crippen molar-refractivity contribution >= 4 is 46.3 Å². The molecule has 0 saturated carbocycles. The van der Waals surface area contributed by atoms with Gasteiger partial charge in [0.1, 0.15) is 6.54 Å². The van der Waals surface area contributed by atoms with E-state index in [0.717, 1.165) is 45.3 Å². The summed E-state index contributed by atoms with van der Waals surface area (Å²) in [5.74, 6) is -0.459. The van der Waals surface area contributed by atoms with Crippen LogP contribution in [0, 0.1) is 20.8 Å². The maximum atomic E-state index is 13.1. The van der Waals surface area contributed by atoms with Gasteiger partial charge in [0, 0.05) is 23.0 Å². The summed E-state index contributed by atoms with van der Waals surface area (Å²) < 4.78 is 0. The number of carbonyl (C=O) groups excluding carboxylic acids is 3. The highest BCUT2D eigenvalue weighted by Gasteiger charge is 2.39. The van der Waals surface area contributed by atoms with E-state index >= 15 is 0 Å². The summed E-state index contributed by atoms with van der Waals surface area (Å²) in [6.07, 6.45) is 2.83. The number of thioether (sulfide) groups is 1. The molecule has 6 nitrogen and oxygen atoms in total. The van der Waals surface area contributed by atoms with Gasteiger partial charge in [-0.3, -0.25) is 19.3 Å².